The van der Waals surface area contributed by atoms with Crippen molar-refractivity contribution in [3.8, 4) is 0 Å². The highest BCUT2D eigenvalue weighted by atomic mass is 35.5. The highest BCUT2D eigenvalue weighted by Gasteiger charge is 2.31. The molecule has 1 atom stereocenters. The fraction of sp³-hybridized carbons (Fsp3) is 0.583. The van der Waals surface area contributed by atoms with Crippen LogP contribution in [0.25, 0.3) is 0 Å². The molecule has 0 spiro atoms. The highest BCUT2D eigenvalue weighted by Crippen LogP contribution is 2.27. The van der Waals surface area contributed by atoms with Crippen molar-refractivity contribution in [2.75, 3.05) is 26.8 Å². The number of hydrogen-bond acceptors (Lipinski definition) is 4. The SMILES string of the molecule is COCC1CCCN(S(=O)(=O)c2cnccc2Cl)C1. The normalized spacial score (nSPS) is 21.5. The number of sulfonamides is 1. The third kappa shape index (κ3) is 3.25. The standard InChI is InChI=1S/C12H17ClN2O3S/c1-18-9-10-3-2-6-15(8-10)19(16,17)12-7-14-5-4-11(12)13/h4-5,7,10H,2-3,6,8-9H2,1H3. The third-order valence-corrected chi connectivity index (χ3v) is 5.57. The van der Waals surface area contributed by atoms with Crippen molar-refractivity contribution in [2.45, 2.75) is 17.7 Å². The average Bonchev–Trinajstić information content (AvgIpc) is 2.40. The number of piperidine rings is 1. The van der Waals surface area contributed by atoms with E-state index in [-0.39, 0.29) is 15.8 Å². The second-order valence-corrected chi connectivity index (χ2v) is 6.95. The summed E-state index contributed by atoms with van der Waals surface area (Å²) >= 11 is 5.96. The number of halogens is 1. The maximum absolute atomic E-state index is 12.5. The van der Waals surface area contributed by atoms with Gasteiger partial charge in [0.25, 0.3) is 0 Å². The summed E-state index contributed by atoms with van der Waals surface area (Å²) in [5, 5.41) is 0.212. The molecule has 1 aromatic rings. The number of pyridine rings is 1. The van der Waals surface area contributed by atoms with Crippen LogP contribution in [-0.4, -0.2) is 44.5 Å². The Morgan fingerprint density at radius 3 is 3.05 bits per heavy atom. The zero-order valence-electron chi connectivity index (χ0n) is 10.8. The van der Waals surface area contributed by atoms with Gasteiger partial charge in [-0.25, -0.2) is 8.42 Å². The van der Waals surface area contributed by atoms with Gasteiger partial charge >= 0.3 is 0 Å². The Hall–Kier alpha value is -0.690. The Kier molecular flexibility index (Phi) is 4.78. The molecule has 19 heavy (non-hydrogen) atoms. The molecule has 1 aromatic heterocycles. The molecule has 0 amide bonds. The van der Waals surface area contributed by atoms with Gasteiger partial charge < -0.3 is 4.74 Å². The van der Waals surface area contributed by atoms with Crippen LogP contribution >= 0.6 is 11.6 Å². The van der Waals surface area contributed by atoms with E-state index in [0.717, 1.165) is 12.8 Å². The van der Waals surface area contributed by atoms with E-state index < -0.39 is 10.0 Å². The molecule has 5 nitrogen and oxygen atoms in total. The molecule has 0 aromatic carbocycles. The predicted molar refractivity (Wildman–Crippen MR) is 72.6 cm³/mol. The predicted octanol–water partition coefficient (Wildman–Crippen LogP) is 1.78. The molecular formula is C12H17ClN2O3S. The molecular weight excluding hydrogens is 288 g/mol. The van der Waals surface area contributed by atoms with E-state index in [1.54, 1.807) is 7.11 Å². The van der Waals surface area contributed by atoms with E-state index in [9.17, 15) is 8.42 Å². The molecule has 2 heterocycles. The molecule has 2 rings (SSSR count). The van der Waals surface area contributed by atoms with E-state index >= 15 is 0 Å². The van der Waals surface area contributed by atoms with Crippen LogP contribution in [0.3, 0.4) is 0 Å². The lowest BCUT2D eigenvalue weighted by Crippen LogP contribution is -2.41. The summed E-state index contributed by atoms with van der Waals surface area (Å²) in [6, 6.07) is 1.49. The lowest BCUT2D eigenvalue weighted by atomic mass is 10.0. The van der Waals surface area contributed by atoms with Crippen molar-refractivity contribution in [1.29, 1.82) is 0 Å². The Bertz CT molecular complexity index is 534. The summed E-state index contributed by atoms with van der Waals surface area (Å²) in [6.07, 6.45) is 4.61. The summed E-state index contributed by atoms with van der Waals surface area (Å²) in [5.74, 6) is 0.240. The molecule has 1 aliphatic heterocycles. The van der Waals surface area contributed by atoms with Gasteiger partial charge in [-0.1, -0.05) is 11.6 Å². The number of nitrogens with zero attached hydrogens (tertiary/aromatic N) is 2. The van der Waals surface area contributed by atoms with Crippen molar-refractivity contribution in [1.82, 2.24) is 9.29 Å². The summed E-state index contributed by atoms with van der Waals surface area (Å²) < 4.78 is 31.6. The second kappa shape index (κ2) is 6.17. The first-order valence-corrected chi connectivity index (χ1v) is 7.96. The summed E-state index contributed by atoms with van der Waals surface area (Å²) in [4.78, 5) is 3.93. The molecule has 7 heteroatoms. The van der Waals surface area contributed by atoms with Crippen molar-refractivity contribution < 1.29 is 13.2 Å². The molecule has 0 radical (unpaired) electrons. The Balaban J connectivity index is 2.22. The first-order chi connectivity index (χ1) is 9.05. The van der Waals surface area contributed by atoms with Crippen LogP contribution in [0.15, 0.2) is 23.4 Å². The Morgan fingerprint density at radius 1 is 1.58 bits per heavy atom. The summed E-state index contributed by atoms with van der Waals surface area (Å²) in [6.45, 7) is 1.57. The van der Waals surface area contributed by atoms with E-state index in [1.807, 2.05) is 0 Å². The first kappa shape index (κ1) is 14.7. The van der Waals surface area contributed by atoms with Crippen molar-refractivity contribution in [3.05, 3.63) is 23.5 Å². The minimum absolute atomic E-state index is 0.0785. The number of hydrogen-bond donors (Lipinski definition) is 0. The minimum Gasteiger partial charge on any atom is -0.384 e. The number of methoxy groups -OCH3 is 1. The van der Waals surface area contributed by atoms with Crippen molar-refractivity contribution in [3.63, 3.8) is 0 Å². The van der Waals surface area contributed by atoms with E-state index in [1.165, 1.54) is 22.8 Å². The fourth-order valence-corrected chi connectivity index (χ4v) is 4.27. The lowest BCUT2D eigenvalue weighted by Gasteiger charge is -2.31. The van der Waals surface area contributed by atoms with Gasteiger partial charge in [0.2, 0.25) is 10.0 Å². The van der Waals surface area contributed by atoms with Crippen LogP contribution in [-0.2, 0) is 14.8 Å². The quantitative estimate of drug-likeness (QED) is 0.851. The van der Waals surface area contributed by atoms with Gasteiger partial charge in [0.05, 0.1) is 11.6 Å². The second-order valence-electron chi connectivity index (χ2n) is 4.63. The van der Waals surface area contributed by atoms with E-state index in [4.69, 9.17) is 16.3 Å². The molecule has 1 aliphatic rings. The smallest absolute Gasteiger partial charge is 0.246 e. The van der Waals surface area contributed by atoms with Crippen LogP contribution in [0.1, 0.15) is 12.8 Å². The van der Waals surface area contributed by atoms with Crippen molar-refractivity contribution in [2.24, 2.45) is 5.92 Å². The van der Waals surface area contributed by atoms with Gasteiger partial charge in [0, 0.05) is 32.6 Å². The van der Waals surface area contributed by atoms with E-state index in [2.05, 4.69) is 4.98 Å². The molecule has 0 bridgehead atoms. The average molecular weight is 305 g/mol. The molecule has 0 aliphatic carbocycles. The van der Waals surface area contributed by atoms with Crippen LogP contribution < -0.4 is 0 Å². The van der Waals surface area contributed by atoms with Crippen LogP contribution in [0.5, 0.6) is 0 Å². The van der Waals surface area contributed by atoms with Crippen LogP contribution in [0.4, 0.5) is 0 Å². The highest BCUT2D eigenvalue weighted by molar-refractivity contribution is 7.89. The Labute approximate surface area is 118 Å². The zero-order valence-corrected chi connectivity index (χ0v) is 12.3. The maximum Gasteiger partial charge on any atom is 0.246 e. The molecule has 1 unspecified atom stereocenters. The molecule has 106 valence electrons. The third-order valence-electron chi connectivity index (χ3n) is 3.24. The van der Waals surface area contributed by atoms with E-state index in [0.29, 0.717) is 19.7 Å². The van der Waals surface area contributed by atoms with Gasteiger partial charge in [-0.15, -0.1) is 0 Å². The zero-order chi connectivity index (χ0) is 13.9. The molecule has 0 saturated carbocycles. The number of aromatic nitrogens is 1. The summed E-state index contributed by atoms with van der Waals surface area (Å²) in [5.41, 5.74) is 0. The van der Waals surface area contributed by atoms with Crippen LogP contribution in [0, 0.1) is 5.92 Å². The number of ether oxygens (including phenoxy) is 1. The van der Waals surface area contributed by atoms with Gasteiger partial charge in [-0.05, 0) is 24.8 Å². The van der Waals surface area contributed by atoms with Crippen molar-refractivity contribution >= 4 is 21.6 Å². The van der Waals surface area contributed by atoms with Crippen LogP contribution in [0.2, 0.25) is 5.02 Å². The largest absolute Gasteiger partial charge is 0.384 e. The van der Waals surface area contributed by atoms with Gasteiger partial charge in [-0.2, -0.15) is 4.31 Å². The molecule has 1 saturated heterocycles. The monoisotopic (exact) mass is 304 g/mol. The van der Waals surface area contributed by atoms with Gasteiger partial charge in [-0.3, -0.25) is 4.98 Å². The number of rotatable bonds is 4. The minimum atomic E-state index is -3.56. The summed E-state index contributed by atoms with van der Waals surface area (Å²) in [7, 11) is -1.93. The Morgan fingerprint density at radius 2 is 2.37 bits per heavy atom. The lowest BCUT2D eigenvalue weighted by molar-refractivity contribution is 0.118. The fourth-order valence-electron chi connectivity index (χ4n) is 2.31. The van der Waals surface area contributed by atoms with Gasteiger partial charge in [0.15, 0.2) is 0 Å². The first-order valence-electron chi connectivity index (χ1n) is 6.14. The maximum atomic E-state index is 12.5. The topological polar surface area (TPSA) is 59.5 Å². The molecule has 1 fully saturated rings. The van der Waals surface area contributed by atoms with Gasteiger partial charge in [0.1, 0.15) is 4.90 Å². The molecule has 0 N–H and O–H groups in total.